The number of morpholine rings is 1. The van der Waals surface area contributed by atoms with Gasteiger partial charge in [-0.15, -0.1) is 0 Å². The van der Waals surface area contributed by atoms with Gasteiger partial charge >= 0.3 is 0 Å². The Balaban J connectivity index is 1.82. The number of sulfonamides is 1. The summed E-state index contributed by atoms with van der Waals surface area (Å²) < 4.78 is 33.2. The van der Waals surface area contributed by atoms with Crippen molar-refractivity contribution >= 4 is 27.5 Å². The zero-order chi connectivity index (χ0) is 19.6. The topological polar surface area (TPSA) is 75.7 Å². The predicted molar refractivity (Wildman–Crippen MR) is 105 cm³/mol. The molecule has 2 unspecified atom stereocenters. The van der Waals surface area contributed by atoms with E-state index in [1.165, 1.54) is 22.9 Å². The second-order valence-corrected chi connectivity index (χ2v) is 9.85. The molecule has 27 heavy (non-hydrogen) atoms. The van der Waals surface area contributed by atoms with Gasteiger partial charge in [0.05, 0.1) is 17.2 Å². The van der Waals surface area contributed by atoms with Gasteiger partial charge in [0.2, 0.25) is 10.0 Å². The lowest BCUT2D eigenvalue weighted by molar-refractivity contribution is -0.0440. The average molecular weight is 415 g/mol. The molecule has 2 atom stereocenters. The van der Waals surface area contributed by atoms with E-state index >= 15 is 0 Å². The zero-order valence-electron chi connectivity index (χ0n) is 15.8. The van der Waals surface area contributed by atoms with E-state index in [4.69, 9.17) is 16.3 Å². The predicted octanol–water partition coefficient (Wildman–Crippen LogP) is 3.20. The van der Waals surface area contributed by atoms with Crippen LogP contribution in [-0.4, -0.2) is 50.0 Å². The lowest BCUT2D eigenvalue weighted by Gasteiger charge is -2.34. The van der Waals surface area contributed by atoms with Crippen molar-refractivity contribution < 1.29 is 17.9 Å². The number of carbonyl (C=O) groups is 1. The summed E-state index contributed by atoms with van der Waals surface area (Å²) in [6.45, 7) is 4.21. The highest BCUT2D eigenvalue weighted by Crippen LogP contribution is 2.28. The molecule has 6 nitrogen and oxygen atoms in total. The minimum absolute atomic E-state index is 0.0261. The average Bonchev–Trinajstić information content (AvgIpc) is 2.62. The van der Waals surface area contributed by atoms with Gasteiger partial charge in [-0.1, -0.05) is 30.9 Å². The summed E-state index contributed by atoms with van der Waals surface area (Å²) in [6, 6.07) is 4.60. The third-order valence-electron chi connectivity index (χ3n) is 5.14. The van der Waals surface area contributed by atoms with Gasteiger partial charge in [-0.05, 0) is 44.9 Å². The fourth-order valence-electron chi connectivity index (χ4n) is 3.82. The molecule has 1 aliphatic carbocycles. The molecule has 0 radical (unpaired) electrons. The summed E-state index contributed by atoms with van der Waals surface area (Å²) in [7, 11) is -3.81. The van der Waals surface area contributed by atoms with E-state index < -0.39 is 10.0 Å². The molecule has 1 aromatic carbocycles. The van der Waals surface area contributed by atoms with E-state index in [9.17, 15) is 13.2 Å². The fraction of sp³-hybridized carbons (Fsp3) is 0.632. The number of rotatable bonds is 4. The Bertz CT molecular complexity index is 783. The standard InChI is InChI=1S/C19H27ClN2O4S/c1-13-11-22(12-14(2)26-13)27(24,25)18-10-15(8-9-17(18)20)19(23)21-16-6-4-3-5-7-16/h8-10,13-14,16H,3-7,11-12H2,1-2H3,(H,21,23). The highest BCUT2D eigenvalue weighted by atomic mass is 35.5. The Morgan fingerprint density at radius 2 is 1.78 bits per heavy atom. The van der Waals surface area contributed by atoms with Crippen molar-refractivity contribution in [3.8, 4) is 0 Å². The van der Waals surface area contributed by atoms with Gasteiger partial charge in [0.25, 0.3) is 5.91 Å². The van der Waals surface area contributed by atoms with Crippen molar-refractivity contribution in [3.63, 3.8) is 0 Å². The maximum absolute atomic E-state index is 13.1. The molecule has 1 saturated carbocycles. The first-order valence-electron chi connectivity index (χ1n) is 9.53. The molecule has 1 saturated heterocycles. The molecule has 0 bridgehead atoms. The summed E-state index contributed by atoms with van der Waals surface area (Å²) in [5, 5.41) is 3.14. The van der Waals surface area contributed by atoms with Crippen LogP contribution < -0.4 is 5.32 Å². The molecule has 3 rings (SSSR count). The minimum Gasteiger partial charge on any atom is -0.373 e. The maximum Gasteiger partial charge on any atom is 0.251 e. The van der Waals surface area contributed by atoms with Crippen LogP contribution in [0.4, 0.5) is 0 Å². The Labute approximate surface area is 166 Å². The van der Waals surface area contributed by atoms with Gasteiger partial charge in [0.1, 0.15) is 4.90 Å². The quantitative estimate of drug-likeness (QED) is 0.820. The molecule has 1 heterocycles. The summed E-state index contributed by atoms with van der Waals surface area (Å²) in [6.07, 6.45) is 4.96. The zero-order valence-corrected chi connectivity index (χ0v) is 17.4. The Morgan fingerprint density at radius 3 is 2.41 bits per heavy atom. The number of hydrogen-bond donors (Lipinski definition) is 1. The van der Waals surface area contributed by atoms with E-state index in [-0.39, 0.29) is 47.2 Å². The lowest BCUT2D eigenvalue weighted by Crippen LogP contribution is -2.48. The van der Waals surface area contributed by atoms with E-state index in [1.807, 2.05) is 13.8 Å². The van der Waals surface area contributed by atoms with Crippen LogP contribution in [0.3, 0.4) is 0 Å². The van der Waals surface area contributed by atoms with Crippen molar-refractivity contribution in [1.82, 2.24) is 9.62 Å². The Hall–Kier alpha value is -1.15. The lowest BCUT2D eigenvalue weighted by atomic mass is 9.95. The molecule has 1 aliphatic heterocycles. The molecule has 8 heteroatoms. The first kappa shape index (κ1) is 20.6. The molecular formula is C19H27ClN2O4S. The first-order chi connectivity index (χ1) is 12.8. The molecular weight excluding hydrogens is 388 g/mol. The van der Waals surface area contributed by atoms with Crippen LogP contribution in [0.25, 0.3) is 0 Å². The van der Waals surface area contributed by atoms with E-state index in [0.717, 1.165) is 25.7 Å². The monoisotopic (exact) mass is 414 g/mol. The second-order valence-electron chi connectivity index (χ2n) is 7.53. The van der Waals surface area contributed by atoms with Crippen molar-refractivity contribution in [1.29, 1.82) is 0 Å². The van der Waals surface area contributed by atoms with Crippen LogP contribution in [0.15, 0.2) is 23.1 Å². The van der Waals surface area contributed by atoms with Gasteiger partial charge in [0.15, 0.2) is 0 Å². The van der Waals surface area contributed by atoms with E-state index in [0.29, 0.717) is 5.56 Å². The molecule has 1 N–H and O–H groups in total. The molecule has 1 aromatic rings. The van der Waals surface area contributed by atoms with Crippen molar-refractivity contribution in [2.75, 3.05) is 13.1 Å². The summed E-state index contributed by atoms with van der Waals surface area (Å²) in [5.41, 5.74) is 0.318. The molecule has 150 valence electrons. The molecule has 2 fully saturated rings. The number of amides is 1. The van der Waals surface area contributed by atoms with Crippen LogP contribution in [0, 0.1) is 0 Å². The molecule has 0 spiro atoms. The van der Waals surface area contributed by atoms with Crippen LogP contribution in [0.2, 0.25) is 5.02 Å². The number of benzene rings is 1. The first-order valence-corrected chi connectivity index (χ1v) is 11.3. The molecule has 2 aliphatic rings. The number of carbonyl (C=O) groups excluding carboxylic acids is 1. The van der Waals surface area contributed by atoms with Crippen molar-refractivity contribution in [2.45, 2.75) is 69.1 Å². The number of nitrogens with one attached hydrogen (secondary N) is 1. The third-order valence-corrected chi connectivity index (χ3v) is 7.45. The van der Waals surface area contributed by atoms with Crippen LogP contribution in [0.5, 0.6) is 0 Å². The third kappa shape index (κ3) is 4.83. The number of ether oxygens (including phenoxy) is 1. The van der Waals surface area contributed by atoms with Crippen LogP contribution >= 0.6 is 11.6 Å². The maximum atomic E-state index is 13.1. The van der Waals surface area contributed by atoms with Crippen LogP contribution in [0.1, 0.15) is 56.3 Å². The smallest absolute Gasteiger partial charge is 0.251 e. The second kappa shape index (κ2) is 8.47. The van der Waals surface area contributed by atoms with E-state index in [1.54, 1.807) is 6.07 Å². The summed E-state index contributed by atoms with van der Waals surface area (Å²) >= 11 is 6.20. The number of hydrogen-bond acceptors (Lipinski definition) is 4. The number of halogens is 1. The van der Waals surface area contributed by atoms with Crippen LogP contribution in [-0.2, 0) is 14.8 Å². The van der Waals surface area contributed by atoms with Gasteiger partial charge in [-0.25, -0.2) is 8.42 Å². The highest BCUT2D eigenvalue weighted by Gasteiger charge is 2.34. The molecule has 0 aromatic heterocycles. The minimum atomic E-state index is -3.81. The van der Waals surface area contributed by atoms with E-state index in [2.05, 4.69) is 5.32 Å². The Morgan fingerprint density at radius 1 is 1.15 bits per heavy atom. The highest BCUT2D eigenvalue weighted by molar-refractivity contribution is 7.89. The normalized spacial score (nSPS) is 25.3. The summed E-state index contributed by atoms with van der Waals surface area (Å²) in [5.74, 6) is -0.251. The number of nitrogens with zero attached hydrogens (tertiary/aromatic N) is 1. The molecule has 1 amide bonds. The largest absolute Gasteiger partial charge is 0.373 e. The summed E-state index contributed by atoms with van der Waals surface area (Å²) in [4.78, 5) is 12.6. The van der Waals surface area contributed by atoms with Gasteiger partial charge in [-0.3, -0.25) is 4.79 Å². The Kier molecular flexibility index (Phi) is 6.46. The van der Waals surface area contributed by atoms with Crippen molar-refractivity contribution in [3.05, 3.63) is 28.8 Å². The van der Waals surface area contributed by atoms with Gasteiger partial charge in [-0.2, -0.15) is 4.31 Å². The van der Waals surface area contributed by atoms with Crippen molar-refractivity contribution in [2.24, 2.45) is 0 Å². The SMILES string of the molecule is CC1CN(S(=O)(=O)c2cc(C(=O)NC3CCCCC3)ccc2Cl)CC(C)O1. The fourth-order valence-corrected chi connectivity index (χ4v) is 5.91. The van der Waals surface area contributed by atoms with Gasteiger partial charge in [0, 0.05) is 24.7 Å². The van der Waals surface area contributed by atoms with Gasteiger partial charge < -0.3 is 10.1 Å².